The van der Waals surface area contributed by atoms with Crippen LogP contribution < -0.4 is 10.1 Å². The number of hydrogen-bond acceptors (Lipinski definition) is 5. The molecule has 0 spiro atoms. The van der Waals surface area contributed by atoms with Crippen LogP contribution in [-0.4, -0.2) is 28.1 Å². The quantitative estimate of drug-likeness (QED) is 0.772. The first-order valence-corrected chi connectivity index (χ1v) is 9.10. The van der Waals surface area contributed by atoms with Gasteiger partial charge in [0.05, 0.1) is 16.6 Å². The van der Waals surface area contributed by atoms with E-state index in [4.69, 9.17) is 21.6 Å². The van der Waals surface area contributed by atoms with Crippen LogP contribution in [0.2, 0.25) is 5.02 Å². The minimum atomic E-state index is -0.974. The number of amides is 1. The Balaban J connectivity index is 2.29. The number of pyridine rings is 1. The van der Waals surface area contributed by atoms with E-state index in [1.54, 1.807) is 44.5 Å². The number of nitriles is 1. The molecule has 1 atom stereocenters. The molecular formula is C18H18ClN3O2S. The van der Waals surface area contributed by atoms with Gasteiger partial charge in [-0.15, -0.1) is 11.8 Å². The van der Waals surface area contributed by atoms with Gasteiger partial charge in [0.25, 0.3) is 5.91 Å². The number of benzene rings is 1. The third kappa shape index (κ3) is 4.65. The third-order valence-electron chi connectivity index (χ3n) is 3.35. The third-order valence-corrected chi connectivity index (χ3v) is 4.38. The number of halogens is 1. The van der Waals surface area contributed by atoms with E-state index in [1.165, 1.54) is 11.8 Å². The summed E-state index contributed by atoms with van der Waals surface area (Å²) in [5.74, 6) is 0.0676. The molecule has 1 heterocycles. The minimum Gasteiger partial charge on any atom is -0.470 e. The van der Waals surface area contributed by atoms with Crippen molar-refractivity contribution < 1.29 is 9.53 Å². The molecule has 2 aromatic rings. The first-order valence-electron chi connectivity index (χ1n) is 7.44. The maximum absolute atomic E-state index is 12.3. The van der Waals surface area contributed by atoms with Gasteiger partial charge >= 0.3 is 0 Å². The second-order valence-electron chi connectivity index (χ2n) is 5.86. The van der Waals surface area contributed by atoms with E-state index in [0.29, 0.717) is 16.3 Å². The Morgan fingerprint density at radius 3 is 2.84 bits per heavy atom. The molecule has 0 saturated carbocycles. The molecule has 7 heteroatoms. The van der Waals surface area contributed by atoms with Gasteiger partial charge in [-0.1, -0.05) is 24.3 Å². The van der Waals surface area contributed by atoms with Crippen LogP contribution in [0.25, 0.3) is 17.0 Å². The highest BCUT2D eigenvalue weighted by molar-refractivity contribution is 7.99. The molecule has 5 nitrogen and oxygen atoms in total. The zero-order valence-corrected chi connectivity index (χ0v) is 15.7. The van der Waals surface area contributed by atoms with Crippen molar-refractivity contribution in [2.75, 3.05) is 6.26 Å². The lowest BCUT2D eigenvalue weighted by Crippen LogP contribution is -2.47. The average molecular weight is 376 g/mol. The second kappa shape index (κ2) is 7.77. The van der Waals surface area contributed by atoms with Crippen molar-refractivity contribution in [3.63, 3.8) is 0 Å². The van der Waals surface area contributed by atoms with E-state index in [0.717, 1.165) is 10.9 Å². The lowest BCUT2D eigenvalue weighted by atomic mass is 10.1. The standard InChI is InChI=1S/C18H18ClN3O2S/c1-5-11-6-12-7-13(8-14(19)15(12)21-9-11)24-17(25-4)16(23)22-18(2,3)10-20/h5-9,17H,1H2,2-4H3,(H,22,23). The molecular weight excluding hydrogens is 358 g/mol. The van der Waals surface area contributed by atoms with E-state index >= 15 is 0 Å². The number of carbonyl (C=O) groups excluding carboxylic acids is 1. The second-order valence-corrected chi connectivity index (χ2v) is 7.17. The normalized spacial score (nSPS) is 12.3. The van der Waals surface area contributed by atoms with E-state index in [2.05, 4.69) is 16.9 Å². The number of fused-ring (bicyclic) bond motifs is 1. The Kier molecular flexibility index (Phi) is 5.93. The van der Waals surface area contributed by atoms with Crippen LogP contribution in [0, 0.1) is 11.3 Å². The van der Waals surface area contributed by atoms with Gasteiger partial charge in [0.15, 0.2) is 0 Å². The van der Waals surface area contributed by atoms with Gasteiger partial charge in [-0.2, -0.15) is 5.26 Å². The lowest BCUT2D eigenvalue weighted by Gasteiger charge is -2.22. The molecule has 1 aromatic heterocycles. The van der Waals surface area contributed by atoms with Crippen LogP contribution in [0.1, 0.15) is 19.4 Å². The fourth-order valence-corrected chi connectivity index (χ4v) is 2.85. The van der Waals surface area contributed by atoms with Crippen molar-refractivity contribution in [1.82, 2.24) is 10.3 Å². The fraction of sp³-hybridized carbons (Fsp3) is 0.278. The zero-order valence-electron chi connectivity index (χ0n) is 14.2. The Bertz CT molecular complexity index is 861. The van der Waals surface area contributed by atoms with Crippen molar-refractivity contribution in [2.45, 2.75) is 24.8 Å². The summed E-state index contributed by atoms with van der Waals surface area (Å²) in [4.78, 5) is 16.6. The average Bonchev–Trinajstić information content (AvgIpc) is 2.58. The van der Waals surface area contributed by atoms with Gasteiger partial charge in [0, 0.05) is 17.6 Å². The fourth-order valence-electron chi connectivity index (χ4n) is 2.10. The van der Waals surface area contributed by atoms with Gasteiger partial charge in [-0.3, -0.25) is 9.78 Å². The molecule has 0 bridgehead atoms. The van der Waals surface area contributed by atoms with Crippen LogP contribution in [0.5, 0.6) is 5.75 Å². The van der Waals surface area contributed by atoms with Crippen molar-refractivity contribution in [3.8, 4) is 11.8 Å². The molecule has 0 radical (unpaired) electrons. The molecule has 0 aliphatic heterocycles. The Labute approximate surface area is 156 Å². The van der Waals surface area contributed by atoms with Crippen molar-refractivity contribution in [3.05, 3.63) is 41.6 Å². The zero-order chi connectivity index (χ0) is 18.6. The molecule has 1 aromatic carbocycles. The SMILES string of the molecule is C=Cc1cnc2c(Cl)cc(OC(SC)C(=O)NC(C)(C)C#N)cc2c1. The molecule has 0 aliphatic carbocycles. The van der Waals surface area contributed by atoms with Crippen LogP contribution in [-0.2, 0) is 4.79 Å². The number of nitrogens with zero attached hydrogens (tertiary/aromatic N) is 2. The number of thioether (sulfide) groups is 1. The Morgan fingerprint density at radius 2 is 2.24 bits per heavy atom. The molecule has 0 fully saturated rings. The van der Waals surface area contributed by atoms with Gasteiger partial charge < -0.3 is 10.1 Å². The number of rotatable bonds is 6. The van der Waals surface area contributed by atoms with Crippen LogP contribution in [0.4, 0.5) is 0 Å². The summed E-state index contributed by atoms with van der Waals surface area (Å²) in [5, 5.41) is 12.9. The maximum Gasteiger partial charge on any atom is 0.272 e. The number of aromatic nitrogens is 1. The summed E-state index contributed by atoms with van der Waals surface area (Å²) in [6.45, 7) is 6.97. The predicted molar refractivity (Wildman–Crippen MR) is 103 cm³/mol. The van der Waals surface area contributed by atoms with Crippen LogP contribution >= 0.6 is 23.4 Å². The summed E-state index contributed by atoms with van der Waals surface area (Å²) in [7, 11) is 0. The van der Waals surface area contributed by atoms with Gasteiger partial charge in [0.1, 0.15) is 11.3 Å². The molecule has 1 unspecified atom stereocenters. The summed E-state index contributed by atoms with van der Waals surface area (Å²) in [6, 6.07) is 7.31. The molecule has 0 aliphatic rings. The largest absolute Gasteiger partial charge is 0.470 e. The van der Waals surface area contributed by atoms with Gasteiger partial charge in [-0.25, -0.2) is 0 Å². The highest BCUT2D eigenvalue weighted by Gasteiger charge is 2.26. The van der Waals surface area contributed by atoms with Gasteiger partial charge in [-0.05, 0) is 37.8 Å². The van der Waals surface area contributed by atoms with E-state index in [1.807, 2.05) is 12.1 Å². The number of nitrogens with one attached hydrogen (secondary N) is 1. The number of ether oxygens (including phenoxy) is 1. The smallest absolute Gasteiger partial charge is 0.272 e. The topological polar surface area (TPSA) is 75.0 Å². The predicted octanol–water partition coefficient (Wildman–Crippen LogP) is 4.02. The van der Waals surface area contributed by atoms with Crippen molar-refractivity contribution in [2.24, 2.45) is 0 Å². The maximum atomic E-state index is 12.3. The molecule has 130 valence electrons. The molecule has 2 rings (SSSR count). The van der Waals surface area contributed by atoms with Gasteiger partial charge in [0.2, 0.25) is 5.44 Å². The highest BCUT2D eigenvalue weighted by atomic mass is 35.5. The Morgan fingerprint density at radius 1 is 1.52 bits per heavy atom. The number of carbonyl (C=O) groups is 1. The summed E-state index contributed by atoms with van der Waals surface area (Å²) >= 11 is 7.50. The minimum absolute atomic E-state index is 0.381. The van der Waals surface area contributed by atoms with E-state index in [-0.39, 0.29) is 5.91 Å². The molecule has 25 heavy (non-hydrogen) atoms. The molecule has 1 N–H and O–H groups in total. The van der Waals surface area contributed by atoms with Crippen LogP contribution in [0.15, 0.2) is 31.0 Å². The number of hydrogen-bond donors (Lipinski definition) is 1. The molecule has 0 saturated heterocycles. The molecule has 1 amide bonds. The highest BCUT2D eigenvalue weighted by Crippen LogP contribution is 2.30. The van der Waals surface area contributed by atoms with Crippen molar-refractivity contribution >= 4 is 46.2 Å². The van der Waals surface area contributed by atoms with Crippen molar-refractivity contribution in [1.29, 1.82) is 5.26 Å². The summed E-state index contributed by atoms with van der Waals surface area (Å²) in [6.07, 6.45) is 5.13. The first-order chi connectivity index (χ1) is 11.8. The monoisotopic (exact) mass is 375 g/mol. The first kappa shape index (κ1) is 19.1. The van der Waals surface area contributed by atoms with E-state index in [9.17, 15) is 4.79 Å². The lowest BCUT2D eigenvalue weighted by molar-refractivity contribution is -0.125. The van der Waals surface area contributed by atoms with Crippen LogP contribution in [0.3, 0.4) is 0 Å². The Hall–Kier alpha value is -2.23. The summed E-state index contributed by atoms with van der Waals surface area (Å²) in [5.41, 5.74) is -0.277. The summed E-state index contributed by atoms with van der Waals surface area (Å²) < 4.78 is 5.78. The van der Waals surface area contributed by atoms with E-state index < -0.39 is 11.0 Å².